The third-order valence-corrected chi connectivity index (χ3v) is 3.08. The summed E-state index contributed by atoms with van der Waals surface area (Å²) in [7, 11) is 0. The molecule has 0 atom stereocenters. The molecule has 0 amide bonds. The maximum atomic E-state index is 6.10. The summed E-state index contributed by atoms with van der Waals surface area (Å²) in [5, 5.41) is 1.08. The number of nitrogen functional groups attached to an aromatic ring is 1. The van der Waals surface area contributed by atoms with Gasteiger partial charge >= 0.3 is 0 Å². The number of hydrogen-bond acceptors (Lipinski definition) is 3. The molecule has 0 bridgehead atoms. The van der Waals surface area contributed by atoms with Gasteiger partial charge < -0.3 is 10.3 Å². The van der Waals surface area contributed by atoms with Gasteiger partial charge in [0, 0.05) is 23.7 Å². The maximum absolute atomic E-state index is 6.10. The molecular weight excluding hydrogens is 236 g/mol. The van der Waals surface area contributed by atoms with E-state index in [1.807, 2.05) is 28.8 Å². The summed E-state index contributed by atoms with van der Waals surface area (Å²) in [4.78, 5) is 8.68. The van der Waals surface area contributed by atoms with Crippen molar-refractivity contribution in [2.45, 2.75) is 6.54 Å². The molecule has 94 valence electrons. The number of allylic oxidation sites excluding steroid dienone is 1. The fraction of sp³-hybridized carbons (Fsp3) is 0.0667. The van der Waals surface area contributed by atoms with Crippen LogP contribution in [0.3, 0.4) is 0 Å². The second-order valence-electron chi connectivity index (χ2n) is 4.33. The van der Waals surface area contributed by atoms with Crippen LogP contribution >= 0.6 is 0 Å². The van der Waals surface area contributed by atoms with Crippen molar-refractivity contribution in [3.8, 4) is 11.3 Å². The van der Waals surface area contributed by atoms with E-state index in [1.165, 1.54) is 0 Å². The van der Waals surface area contributed by atoms with Gasteiger partial charge in [0.1, 0.15) is 11.5 Å². The molecule has 0 aliphatic heterocycles. The van der Waals surface area contributed by atoms with E-state index < -0.39 is 0 Å². The summed E-state index contributed by atoms with van der Waals surface area (Å²) >= 11 is 0. The predicted molar refractivity (Wildman–Crippen MR) is 77.6 cm³/mol. The van der Waals surface area contributed by atoms with E-state index in [0.29, 0.717) is 12.4 Å². The summed E-state index contributed by atoms with van der Waals surface area (Å²) in [6.07, 6.45) is 5.32. The Balaban J connectivity index is 2.11. The van der Waals surface area contributed by atoms with Crippen molar-refractivity contribution in [1.29, 1.82) is 0 Å². The Bertz CT molecular complexity index is 743. The lowest BCUT2D eigenvalue weighted by atomic mass is 10.1. The summed E-state index contributed by atoms with van der Waals surface area (Å²) in [5.41, 5.74) is 8.87. The highest BCUT2D eigenvalue weighted by molar-refractivity contribution is 5.85. The van der Waals surface area contributed by atoms with Crippen molar-refractivity contribution in [2.75, 3.05) is 5.73 Å². The van der Waals surface area contributed by atoms with E-state index in [2.05, 4.69) is 22.6 Å². The van der Waals surface area contributed by atoms with Crippen molar-refractivity contribution in [3.05, 3.63) is 55.5 Å². The molecule has 0 saturated carbocycles. The van der Waals surface area contributed by atoms with Crippen molar-refractivity contribution in [2.24, 2.45) is 0 Å². The molecule has 4 heteroatoms. The Labute approximate surface area is 111 Å². The Hall–Kier alpha value is -2.62. The summed E-state index contributed by atoms with van der Waals surface area (Å²) in [6, 6.07) is 9.98. The molecule has 4 nitrogen and oxygen atoms in total. The monoisotopic (exact) mass is 250 g/mol. The Morgan fingerprint density at radius 2 is 2.16 bits per heavy atom. The molecule has 0 aliphatic rings. The Morgan fingerprint density at radius 1 is 1.26 bits per heavy atom. The minimum Gasteiger partial charge on any atom is -0.383 e. The van der Waals surface area contributed by atoms with Crippen LogP contribution in [0.1, 0.15) is 0 Å². The van der Waals surface area contributed by atoms with Crippen molar-refractivity contribution < 1.29 is 0 Å². The van der Waals surface area contributed by atoms with Crippen LogP contribution in [0.15, 0.2) is 55.5 Å². The van der Waals surface area contributed by atoms with Crippen molar-refractivity contribution in [3.63, 3.8) is 0 Å². The van der Waals surface area contributed by atoms with Crippen LogP contribution in [0.2, 0.25) is 0 Å². The quantitative estimate of drug-likeness (QED) is 0.727. The zero-order valence-corrected chi connectivity index (χ0v) is 10.5. The number of fused-ring (bicyclic) bond motifs is 1. The number of nitrogens with zero attached hydrogens (tertiary/aromatic N) is 3. The molecule has 0 fully saturated rings. The van der Waals surface area contributed by atoms with E-state index in [0.717, 1.165) is 22.2 Å². The first kappa shape index (κ1) is 11.5. The lowest BCUT2D eigenvalue weighted by Gasteiger charge is -2.04. The number of imidazole rings is 1. The van der Waals surface area contributed by atoms with E-state index >= 15 is 0 Å². The number of benzene rings is 1. The second-order valence-corrected chi connectivity index (χ2v) is 4.33. The molecule has 0 saturated heterocycles. The highest BCUT2D eigenvalue weighted by atomic mass is 15.1. The standard InChI is InChI=1S/C15H14N4/c1-2-8-19-10-18-14(15(19)16)12-5-6-13-11(9-12)4-3-7-17-13/h2-7,9-10H,1,8,16H2. The van der Waals surface area contributed by atoms with Crippen molar-refractivity contribution >= 4 is 16.7 Å². The summed E-state index contributed by atoms with van der Waals surface area (Å²) in [5.74, 6) is 0.656. The molecule has 2 aromatic heterocycles. The van der Waals surface area contributed by atoms with E-state index in [1.54, 1.807) is 18.6 Å². The average molecular weight is 250 g/mol. The second kappa shape index (κ2) is 4.57. The van der Waals surface area contributed by atoms with Crippen LogP contribution < -0.4 is 5.73 Å². The molecule has 3 rings (SSSR count). The minimum atomic E-state index is 0.656. The first-order valence-corrected chi connectivity index (χ1v) is 6.06. The van der Waals surface area contributed by atoms with Crippen LogP contribution in [0.25, 0.3) is 22.2 Å². The number of pyridine rings is 1. The SMILES string of the molecule is C=CCn1cnc(-c2ccc3ncccc3c2)c1N. The lowest BCUT2D eigenvalue weighted by molar-refractivity contribution is 0.833. The summed E-state index contributed by atoms with van der Waals surface area (Å²) < 4.78 is 1.87. The molecule has 2 N–H and O–H groups in total. The number of anilines is 1. The zero-order valence-electron chi connectivity index (χ0n) is 10.5. The first-order valence-electron chi connectivity index (χ1n) is 6.06. The molecule has 1 aromatic carbocycles. The molecule has 0 aliphatic carbocycles. The lowest BCUT2D eigenvalue weighted by Crippen LogP contribution is -2.00. The molecule has 0 spiro atoms. The number of rotatable bonds is 3. The van der Waals surface area contributed by atoms with Gasteiger partial charge in [0.15, 0.2) is 0 Å². The molecular formula is C15H14N4. The van der Waals surface area contributed by atoms with Gasteiger partial charge in [-0.05, 0) is 18.2 Å². The van der Waals surface area contributed by atoms with E-state index in [-0.39, 0.29) is 0 Å². The van der Waals surface area contributed by atoms with Crippen LogP contribution in [-0.4, -0.2) is 14.5 Å². The fourth-order valence-electron chi connectivity index (χ4n) is 2.12. The highest BCUT2D eigenvalue weighted by Gasteiger charge is 2.09. The largest absolute Gasteiger partial charge is 0.383 e. The molecule has 3 aromatic rings. The molecule has 0 radical (unpaired) electrons. The number of aromatic nitrogens is 3. The number of hydrogen-bond donors (Lipinski definition) is 1. The summed E-state index contributed by atoms with van der Waals surface area (Å²) in [6.45, 7) is 4.37. The van der Waals surface area contributed by atoms with Gasteiger partial charge in [0.2, 0.25) is 0 Å². The normalized spacial score (nSPS) is 10.7. The number of nitrogens with two attached hydrogens (primary N) is 1. The van der Waals surface area contributed by atoms with Gasteiger partial charge in [-0.25, -0.2) is 4.98 Å². The fourth-order valence-corrected chi connectivity index (χ4v) is 2.12. The third-order valence-electron chi connectivity index (χ3n) is 3.08. The van der Waals surface area contributed by atoms with Gasteiger partial charge in [-0.2, -0.15) is 0 Å². The Morgan fingerprint density at radius 3 is 3.00 bits per heavy atom. The van der Waals surface area contributed by atoms with Gasteiger partial charge in [-0.3, -0.25) is 4.98 Å². The van der Waals surface area contributed by atoms with Gasteiger partial charge in [-0.1, -0.05) is 18.2 Å². The molecule has 19 heavy (non-hydrogen) atoms. The van der Waals surface area contributed by atoms with Gasteiger partial charge in [-0.15, -0.1) is 6.58 Å². The van der Waals surface area contributed by atoms with Crippen LogP contribution in [0.5, 0.6) is 0 Å². The van der Waals surface area contributed by atoms with E-state index in [4.69, 9.17) is 5.73 Å². The smallest absolute Gasteiger partial charge is 0.131 e. The van der Waals surface area contributed by atoms with Crippen LogP contribution in [0, 0.1) is 0 Å². The topological polar surface area (TPSA) is 56.7 Å². The highest BCUT2D eigenvalue weighted by Crippen LogP contribution is 2.26. The van der Waals surface area contributed by atoms with E-state index in [9.17, 15) is 0 Å². The maximum Gasteiger partial charge on any atom is 0.131 e. The third kappa shape index (κ3) is 1.97. The van der Waals surface area contributed by atoms with Crippen LogP contribution in [-0.2, 0) is 6.54 Å². The predicted octanol–water partition coefficient (Wildman–Crippen LogP) is 2.87. The van der Waals surface area contributed by atoms with Gasteiger partial charge in [0.25, 0.3) is 0 Å². The molecule has 0 unspecified atom stereocenters. The first-order chi connectivity index (χ1) is 9.29. The zero-order chi connectivity index (χ0) is 13.2. The van der Waals surface area contributed by atoms with Crippen molar-refractivity contribution in [1.82, 2.24) is 14.5 Å². The molecule has 2 heterocycles. The van der Waals surface area contributed by atoms with Gasteiger partial charge in [0.05, 0.1) is 11.8 Å². The Kier molecular flexibility index (Phi) is 2.76. The van der Waals surface area contributed by atoms with Crippen LogP contribution in [0.4, 0.5) is 5.82 Å². The minimum absolute atomic E-state index is 0.656. The average Bonchev–Trinajstić information content (AvgIpc) is 2.80.